The maximum absolute atomic E-state index is 6.24. The van der Waals surface area contributed by atoms with Gasteiger partial charge in [0.1, 0.15) is 0 Å². The molecule has 1 nitrogen and oxygen atoms in total. The highest BCUT2D eigenvalue weighted by molar-refractivity contribution is 4.90. The monoisotopic (exact) mass is 350 g/mol. The molecule has 0 saturated heterocycles. The average Bonchev–Trinajstić information content (AvgIpc) is 2.63. The molecule has 2 rings (SSSR count). The summed E-state index contributed by atoms with van der Waals surface area (Å²) in [5, 5.41) is 0. The Bertz CT molecular complexity index is 313. The van der Waals surface area contributed by atoms with Gasteiger partial charge in [-0.05, 0) is 69.6 Å². The second-order valence-corrected chi connectivity index (χ2v) is 9.19. The van der Waals surface area contributed by atoms with E-state index in [0.29, 0.717) is 0 Å². The molecule has 0 N–H and O–H groups in total. The Labute approximate surface area is 158 Å². The van der Waals surface area contributed by atoms with Crippen LogP contribution in [0.4, 0.5) is 0 Å². The summed E-state index contributed by atoms with van der Waals surface area (Å²) in [5.41, 5.74) is 0.246. The summed E-state index contributed by atoms with van der Waals surface area (Å²) in [6, 6.07) is 0. The lowest BCUT2D eigenvalue weighted by atomic mass is 9.67. The van der Waals surface area contributed by atoms with E-state index in [1.165, 1.54) is 103 Å². The average molecular weight is 351 g/mol. The molecule has 0 heterocycles. The minimum Gasteiger partial charge on any atom is -0.375 e. The summed E-state index contributed by atoms with van der Waals surface area (Å²) in [4.78, 5) is 0. The number of rotatable bonds is 11. The number of hydrogen-bond acceptors (Lipinski definition) is 1. The van der Waals surface area contributed by atoms with Crippen LogP contribution >= 0.6 is 0 Å². The molecule has 0 radical (unpaired) electrons. The number of unbranched alkanes of at least 4 members (excludes halogenated alkanes) is 4. The molecule has 0 unspecified atom stereocenters. The fourth-order valence-corrected chi connectivity index (χ4v) is 5.85. The van der Waals surface area contributed by atoms with E-state index in [0.717, 1.165) is 24.4 Å². The number of hydrogen-bond donors (Lipinski definition) is 0. The van der Waals surface area contributed by atoms with Gasteiger partial charge in [0.15, 0.2) is 0 Å². The largest absolute Gasteiger partial charge is 0.375 e. The molecule has 1 heteroatoms. The van der Waals surface area contributed by atoms with Crippen LogP contribution in [0.5, 0.6) is 0 Å². The predicted molar refractivity (Wildman–Crippen MR) is 110 cm³/mol. The predicted octanol–water partition coefficient (Wildman–Crippen LogP) is 7.92. The van der Waals surface area contributed by atoms with E-state index in [2.05, 4.69) is 20.8 Å². The second-order valence-electron chi connectivity index (χ2n) is 9.19. The van der Waals surface area contributed by atoms with Crippen LogP contribution in [0.25, 0.3) is 0 Å². The third kappa shape index (κ3) is 6.89. The van der Waals surface area contributed by atoms with E-state index in [1.54, 1.807) is 0 Å². The topological polar surface area (TPSA) is 9.23 Å². The molecular formula is C24H46O. The summed E-state index contributed by atoms with van der Waals surface area (Å²) in [7, 11) is 0. The molecule has 2 saturated carbocycles. The first-order valence-electron chi connectivity index (χ1n) is 11.9. The lowest BCUT2D eigenvalue weighted by molar-refractivity contribution is -0.0846. The summed E-state index contributed by atoms with van der Waals surface area (Å²) in [5.74, 6) is 3.11. The molecule has 0 aromatic rings. The lowest BCUT2D eigenvalue weighted by Gasteiger charge is -2.43. The van der Waals surface area contributed by atoms with Gasteiger partial charge in [-0.15, -0.1) is 0 Å². The minimum absolute atomic E-state index is 0.246. The van der Waals surface area contributed by atoms with Crippen molar-refractivity contribution in [2.45, 2.75) is 129 Å². The molecule has 25 heavy (non-hydrogen) atoms. The molecule has 2 fully saturated rings. The smallest absolute Gasteiger partial charge is 0.0682 e. The van der Waals surface area contributed by atoms with E-state index < -0.39 is 0 Å². The quantitative estimate of drug-likeness (QED) is 0.344. The van der Waals surface area contributed by atoms with Gasteiger partial charge in [-0.1, -0.05) is 71.6 Å². The Morgan fingerprint density at radius 1 is 0.720 bits per heavy atom. The van der Waals surface area contributed by atoms with Gasteiger partial charge in [0.2, 0.25) is 0 Å². The van der Waals surface area contributed by atoms with Gasteiger partial charge < -0.3 is 4.74 Å². The summed E-state index contributed by atoms with van der Waals surface area (Å²) >= 11 is 0. The second kappa shape index (κ2) is 11.6. The van der Waals surface area contributed by atoms with Crippen molar-refractivity contribution in [1.29, 1.82) is 0 Å². The third-order valence-corrected chi connectivity index (χ3v) is 7.37. The highest BCUT2D eigenvalue weighted by Gasteiger charge is 2.38. The molecule has 0 amide bonds. The van der Waals surface area contributed by atoms with Crippen molar-refractivity contribution >= 4 is 0 Å². The van der Waals surface area contributed by atoms with Gasteiger partial charge in [0.25, 0.3) is 0 Å². The fourth-order valence-electron chi connectivity index (χ4n) is 5.85. The Kier molecular flexibility index (Phi) is 9.89. The molecular weight excluding hydrogens is 304 g/mol. The maximum atomic E-state index is 6.24. The van der Waals surface area contributed by atoms with Crippen LogP contribution in [0, 0.1) is 17.8 Å². The first-order valence-corrected chi connectivity index (χ1v) is 11.9. The highest BCUT2D eigenvalue weighted by Crippen LogP contribution is 2.45. The van der Waals surface area contributed by atoms with E-state index in [1.807, 2.05) is 0 Å². The van der Waals surface area contributed by atoms with E-state index in [-0.39, 0.29) is 5.60 Å². The zero-order valence-electron chi connectivity index (χ0n) is 17.7. The Morgan fingerprint density at radius 2 is 1.36 bits per heavy atom. The number of ether oxygens (including phenoxy) is 1. The van der Waals surface area contributed by atoms with Crippen molar-refractivity contribution in [3.8, 4) is 0 Å². The van der Waals surface area contributed by atoms with Crippen LogP contribution in [0.15, 0.2) is 0 Å². The molecule has 0 aliphatic heterocycles. The maximum Gasteiger partial charge on any atom is 0.0682 e. The van der Waals surface area contributed by atoms with E-state index in [4.69, 9.17) is 4.74 Å². The molecule has 0 spiro atoms. The van der Waals surface area contributed by atoms with Crippen molar-refractivity contribution in [3.05, 3.63) is 0 Å². The first kappa shape index (κ1) is 21.3. The molecule has 0 bridgehead atoms. The van der Waals surface area contributed by atoms with Crippen molar-refractivity contribution in [2.75, 3.05) is 6.61 Å². The van der Waals surface area contributed by atoms with Gasteiger partial charge in [0, 0.05) is 6.61 Å². The molecule has 0 aromatic carbocycles. The van der Waals surface area contributed by atoms with Gasteiger partial charge in [-0.25, -0.2) is 0 Å². The Morgan fingerprint density at radius 3 is 1.96 bits per heavy atom. The Hall–Kier alpha value is -0.0400. The van der Waals surface area contributed by atoms with Crippen LogP contribution in [0.3, 0.4) is 0 Å². The van der Waals surface area contributed by atoms with E-state index >= 15 is 0 Å². The summed E-state index contributed by atoms with van der Waals surface area (Å²) < 4.78 is 6.24. The molecule has 2 aliphatic rings. The Balaban J connectivity index is 1.65. The normalized spacial score (nSPS) is 33.5. The lowest BCUT2D eigenvalue weighted by Crippen LogP contribution is -2.39. The van der Waals surface area contributed by atoms with Crippen LogP contribution in [0.1, 0.15) is 124 Å². The molecule has 0 atom stereocenters. The highest BCUT2D eigenvalue weighted by atomic mass is 16.5. The fraction of sp³-hybridized carbons (Fsp3) is 1.00. The zero-order valence-corrected chi connectivity index (χ0v) is 17.7. The van der Waals surface area contributed by atoms with Crippen molar-refractivity contribution in [2.24, 2.45) is 17.8 Å². The van der Waals surface area contributed by atoms with Crippen molar-refractivity contribution in [1.82, 2.24) is 0 Å². The first-order chi connectivity index (χ1) is 12.2. The minimum atomic E-state index is 0.246. The zero-order chi connectivity index (χ0) is 18.0. The molecule has 2 aliphatic carbocycles. The van der Waals surface area contributed by atoms with Crippen LogP contribution in [-0.4, -0.2) is 12.2 Å². The standard InChI is InChI=1S/C24H46O/c1-4-7-8-9-10-11-21-12-14-22(15-13-21)23-16-19-24(18-5-2,20-17-23)25-6-3/h21-23H,4-20H2,1-3H3. The van der Waals surface area contributed by atoms with Gasteiger partial charge in [-0.3, -0.25) is 0 Å². The summed E-state index contributed by atoms with van der Waals surface area (Å²) in [6.45, 7) is 7.70. The van der Waals surface area contributed by atoms with Crippen molar-refractivity contribution in [3.63, 3.8) is 0 Å². The van der Waals surface area contributed by atoms with Crippen LogP contribution in [-0.2, 0) is 4.74 Å². The van der Waals surface area contributed by atoms with Crippen molar-refractivity contribution < 1.29 is 4.74 Å². The van der Waals surface area contributed by atoms with E-state index in [9.17, 15) is 0 Å². The van der Waals surface area contributed by atoms with Gasteiger partial charge in [0.05, 0.1) is 5.60 Å². The van der Waals surface area contributed by atoms with Gasteiger partial charge in [-0.2, -0.15) is 0 Å². The van der Waals surface area contributed by atoms with Crippen LogP contribution in [0.2, 0.25) is 0 Å². The molecule has 148 valence electrons. The third-order valence-electron chi connectivity index (χ3n) is 7.37. The SMILES string of the molecule is CCCCCCCC1CCC(C2CCC(CCC)(OCC)CC2)CC1. The van der Waals surface area contributed by atoms with Crippen LogP contribution < -0.4 is 0 Å². The summed E-state index contributed by atoms with van der Waals surface area (Å²) in [6.07, 6.45) is 23.0. The van der Waals surface area contributed by atoms with Gasteiger partial charge >= 0.3 is 0 Å². The molecule has 0 aromatic heterocycles.